The first-order chi connectivity index (χ1) is 11.4. The number of sulfonamides is 1. The third kappa shape index (κ3) is 2.68. The van der Waals surface area contributed by atoms with Crippen LogP contribution in [-0.2, 0) is 10.0 Å². The zero-order chi connectivity index (χ0) is 17.3. The standard InChI is InChI=1S/C14H11N5O3S2/c15-7-9-8-17-14(18-12(9)16)23-6-5-19-13(20)10-3-1-2-4-11(10)24(19,21)22/h1-4,8H,5-6H2,(H2,16,17,18). The first kappa shape index (κ1) is 16.2. The van der Waals surface area contributed by atoms with Crippen molar-refractivity contribution in [2.45, 2.75) is 10.1 Å². The minimum Gasteiger partial charge on any atom is -0.382 e. The number of hydrogen-bond acceptors (Lipinski definition) is 8. The van der Waals surface area contributed by atoms with Crippen molar-refractivity contribution < 1.29 is 13.2 Å². The van der Waals surface area contributed by atoms with Crippen LogP contribution >= 0.6 is 11.8 Å². The van der Waals surface area contributed by atoms with Gasteiger partial charge in [-0.25, -0.2) is 22.7 Å². The van der Waals surface area contributed by atoms with Crippen LogP contribution in [0.3, 0.4) is 0 Å². The summed E-state index contributed by atoms with van der Waals surface area (Å²) in [5.41, 5.74) is 5.96. The highest BCUT2D eigenvalue weighted by Crippen LogP contribution is 2.30. The maximum atomic E-state index is 12.4. The average Bonchev–Trinajstić information content (AvgIpc) is 2.76. The van der Waals surface area contributed by atoms with E-state index in [-0.39, 0.29) is 34.1 Å². The molecule has 0 bridgehead atoms. The molecule has 0 atom stereocenters. The number of carbonyl (C=O) groups excluding carboxylic acids is 1. The predicted molar refractivity (Wildman–Crippen MR) is 86.5 cm³/mol. The van der Waals surface area contributed by atoms with E-state index in [0.29, 0.717) is 5.16 Å². The molecule has 3 rings (SSSR count). The van der Waals surface area contributed by atoms with Gasteiger partial charge < -0.3 is 5.73 Å². The molecule has 122 valence electrons. The van der Waals surface area contributed by atoms with Gasteiger partial charge in [-0.05, 0) is 12.1 Å². The van der Waals surface area contributed by atoms with E-state index >= 15 is 0 Å². The number of benzene rings is 1. The fourth-order valence-corrected chi connectivity index (χ4v) is 4.64. The molecule has 1 aliphatic heterocycles. The van der Waals surface area contributed by atoms with Gasteiger partial charge in [0.2, 0.25) is 0 Å². The van der Waals surface area contributed by atoms with Gasteiger partial charge >= 0.3 is 0 Å². The Morgan fingerprint density at radius 3 is 2.75 bits per heavy atom. The number of fused-ring (bicyclic) bond motifs is 1. The third-order valence-corrected chi connectivity index (χ3v) is 6.04. The summed E-state index contributed by atoms with van der Waals surface area (Å²) in [4.78, 5) is 20.2. The van der Waals surface area contributed by atoms with Gasteiger partial charge in [0, 0.05) is 12.3 Å². The minimum atomic E-state index is -3.81. The van der Waals surface area contributed by atoms with Gasteiger partial charge in [0.25, 0.3) is 15.9 Å². The number of anilines is 1. The molecule has 1 aromatic heterocycles. The molecule has 0 saturated heterocycles. The fourth-order valence-electron chi connectivity index (χ4n) is 2.21. The number of thioether (sulfide) groups is 1. The Bertz CT molecular complexity index is 969. The molecule has 1 amide bonds. The largest absolute Gasteiger partial charge is 0.382 e. The van der Waals surface area contributed by atoms with Gasteiger partial charge in [-0.1, -0.05) is 23.9 Å². The summed E-state index contributed by atoms with van der Waals surface area (Å²) in [6.45, 7) is -0.0101. The van der Waals surface area contributed by atoms with Crippen molar-refractivity contribution in [1.82, 2.24) is 14.3 Å². The van der Waals surface area contributed by atoms with E-state index in [4.69, 9.17) is 11.0 Å². The van der Waals surface area contributed by atoms with Crippen molar-refractivity contribution in [1.29, 1.82) is 5.26 Å². The number of amides is 1. The van der Waals surface area contributed by atoms with Crippen molar-refractivity contribution in [3.63, 3.8) is 0 Å². The lowest BCUT2D eigenvalue weighted by Gasteiger charge is -2.14. The zero-order valence-corrected chi connectivity index (χ0v) is 13.8. The topological polar surface area (TPSA) is 130 Å². The first-order valence-electron chi connectivity index (χ1n) is 6.76. The van der Waals surface area contributed by atoms with Crippen molar-refractivity contribution >= 4 is 33.5 Å². The molecule has 0 spiro atoms. The predicted octanol–water partition coefficient (Wildman–Crippen LogP) is 0.867. The Hall–Kier alpha value is -2.64. The molecular weight excluding hydrogens is 350 g/mol. The second-order valence-electron chi connectivity index (χ2n) is 4.79. The van der Waals surface area contributed by atoms with Crippen molar-refractivity contribution in [3.8, 4) is 6.07 Å². The van der Waals surface area contributed by atoms with Gasteiger partial charge in [0.15, 0.2) is 5.16 Å². The number of aromatic nitrogens is 2. The maximum absolute atomic E-state index is 12.4. The van der Waals surface area contributed by atoms with Crippen LogP contribution in [0.5, 0.6) is 0 Å². The van der Waals surface area contributed by atoms with Gasteiger partial charge in [0.1, 0.15) is 22.3 Å². The molecule has 2 heterocycles. The number of carbonyl (C=O) groups is 1. The molecule has 0 radical (unpaired) electrons. The number of nitriles is 1. The average molecular weight is 361 g/mol. The number of nitrogen functional groups attached to an aromatic ring is 1. The summed E-state index contributed by atoms with van der Waals surface area (Å²) >= 11 is 1.15. The van der Waals surface area contributed by atoms with Crippen LogP contribution in [0.25, 0.3) is 0 Å². The van der Waals surface area contributed by atoms with E-state index in [2.05, 4.69) is 9.97 Å². The van der Waals surface area contributed by atoms with E-state index < -0.39 is 15.9 Å². The smallest absolute Gasteiger partial charge is 0.269 e. The molecule has 1 aromatic carbocycles. The SMILES string of the molecule is N#Cc1cnc(SCCN2C(=O)c3ccccc3S2(=O)=O)nc1N. The highest BCUT2D eigenvalue weighted by molar-refractivity contribution is 7.99. The maximum Gasteiger partial charge on any atom is 0.269 e. The van der Waals surface area contributed by atoms with E-state index in [1.54, 1.807) is 12.1 Å². The second-order valence-corrected chi connectivity index (χ2v) is 7.68. The highest BCUT2D eigenvalue weighted by atomic mass is 32.2. The third-order valence-electron chi connectivity index (χ3n) is 3.35. The van der Waals surface area contributed by atoms with Crippen LogP contribution in [0.1, 0.15) is 15.9 Å². The molecule has 1 aliphatic rings. The fraction of sp³-hybridized carbons (Fsp3) is 0.143. The summed E-state index contributed by atoms with van der Waals surface area (Å²) in [5.74, 6) is -0.205. The van der Waals surface area contributed by atoms with Gasteiger partial charge in [-0.2, -0.15) is 5.26 Å². The Kier molecular flexibility index (Phi) is 4.13. The molecule has 2 N–H and O–H groups in total. The summed E-state index contributed by atoms with van der Waals surface area (Å²) in [6, 6.07) is 7.97. The van der Waals surface area contributed by atoms with Crippen LogP contribution in [-0.4, -0.2) is 40.9 Å². The van der Waals surface area contributed by atoms with Gasteiger partial charge in [-0.3, -0.25) is 4.79 Å². The summed E-state index contributed by atoms with van der Waals surface area (Å²) in [5, 5.41) is 9.09. The van der Waals surface area contributed by atoms with Gasteiger partial charge in [0.05, 0.1) is 11.8 Å². The first-order valence-corrected chi connectivity index (χ1v) is 9.19. The highest BCUT2D eigenvalue weighted by Gasteiger charge is 2.40. The van der Waals surface area contributed by atoms with E-state index in [1.165, 1.54) is 18.3 Å². The molecule has 2 aromatic rings. The second kappa shape index (κ2) is 6.10. The van der Waals surface area contributed by atoms with Crippen molar-refractivity contribution in [3.05, 3.63) is 41.6 Å². The summed E-state index contributed by atoms with van der Waals surface area (Å²) in [6.07, 6.45) is 1.30. The van der Waals surface area contributed by atoms with E-state index in [0.717, 1.165) is 16.1 Å². The molecule has 0 unspecified atom stereocenters. The van der Waals surface area contributed by atoms with Crippen LogP contribution in [0.15, 0.2) is 40.5 Å². The van der Waals surface area contributed by atoms with E-state index in [1.807, 2.05) is 6.07 Å². The van der Waals surface area contributed by atoms with Gasteiger partial charge in [-0.15, -0.1) is 0 Å². The molecule has 8 nitrogen and oxygen atoms in total. The van der Waals surface area contributed by atoms with Crippen LogP contribution < -0.4 is 5.73 Å². The quantitative estimate of drug-likeness (QED) is 0.627. The normalized spacial score (nSPS) is 15.1. The Balaban J connectivity index is 1.71. The summed E-state index contributed by atoms with van der Waals surface area (Å²) < 4.78 is 25.6. The lowest BCUT2D eigenvalue weighted by Crippen LogP contribution is -2.32. The number of nitrogens with two attached hydrogens (primary N) is 1. The molecule has 10 heteroatoms. The molecule has 0 aliphatic carbocycles. The van der Waals surface area contributed by atoms with Crippen LogP contribution in [0.2, 0.25) is 0 Å². The number of hydrogen-bond donors (Lipinski definition) is 1. The van der Waals surface area contributed by atoms with E-state index in [9.17, 15) is 13.2 Å². The van der Waals surface area contributed by atoms with Crippen molar-refractivity contribution in [2.75, 3.05) is 18.0 Å². The van der Waals surface area contributed by atoms with Crippen molar-refractivity contribution in [2.24, 2.45) is 0 Å². The number of nitrogens with zero attached hydrogens (tertiary/aromatic N) is 4. The molecule has 0 saturated carbocycles. The molecule has 0 fully saturated rings. The lowest BCUT2D eigenvalue weighted by atomic mass is 10.2. The Morgan fingerprint density at radius 2 is 2.08 bits per heavy atom. The number of rotatable bonds is 4. The zero-order valence-electron chi connectivity index (χ0n) is 12.2. The monoisotopic (exact) mass is 361 g/mol. The van der Waals surface area contributed by atoms with Crippen LogP contribution in [0.4, 0.5) is 5.82 Å². The molecular formula is C14H11N5O3S2. The lowest BCUT2D eigenvalue weighted by molar-refractivity contribution is 0.0876. The minimum absolute atomic E-state index is 0.0101. The van der Waals surface area contributed by atoms with Crippen LogP contribution in [0, 0.1) is 11.3 Å². The Morgan fingerprint density at radius 1 is 1.33 bits per heavy atom. The summed E-state index contributed by atoms with van der Waals surface area (Å²) in [7, 11) is -3.81. The molecule has 24 heavy (non-hydrogen) atoms. The Labute approximate surface area is 142 Å².